The summed E-state index contributed by atoms with van der Waals surface area (Å²) in [6.07, 6.45) is 0. The topological polar surface area (TPSA) is 85.8 Å². The highest BCUT2D eigenvalue weighted by Crippen LogP contribution is 2.31. The van der Waals surface area contributed by atoms with Gasteiger partial charge >= 0.3 is 0 Å². The van der Waals surface area contributed by atoms with E-state index in [-0.39, 0.29) is 22.6 Å². The van der Waals surface area contributed by atoms with Crippen molar-refractivity contribution in [3.63, 3.8) is 0 Å². The molecule has 8 nitrogen and oxygen atoms in total. The van der Waals surface area contributed by atoms with Crippen molar-refractivity contribution < 1.29 is 13.2 Å². The van der Waals surface area contributed by atoms with E-state index in [1.807, 2.05) is 45.9 Å². The number of aromatic nitrogens is 1. The summed E-state index contributed by atoms with van der Waals surface area (Å²) in [7, 11) is -3.62. The van der Waals surface area contributed by atoms with E-state index in [0.717, 1.165) is 53.1 Å². The highest BCUT2D eigenvalue weighted by atomic mass is 35.5. The van der Waals surface area contributed by atoms with Crippen LogP contribution < -0.4 is 10.2 Å². The summed E-state index contributed by atoms with van der Waals surface area (Å²) in [6.45, 7) is 13.8. The lowest BCUT2D eigenvalue weighted by molar-refractivity contribution is 0.0947. The van der Waals surface area contributed by atoms with Crippen molar-refractivity contribution in [3.05, 3.63) is 53.1 Å². The first-order chi connectivity index (χ1) is 18.5. The molecule has 0 aliphatic carbocycles. The maximum Gasteiger partial charge on any atom is 0.251 e. The van der Waals surface area contributed by atoms with Crippen LogP contribution in [0.15, 0.2) is 47.4 Å². The Labute approximate surface area is 241 Å². The number of hydrogen-bond donors (Lipinski definition) is 1. The van der Waals surface area contributed by atoms with Gasteiger partial charge in [-0.2, -0.15) is 4.31 Å². The molecule has 1 fully saturated rings. The SMILES string of the molecule is CC(C)CN(CC(C)C)S(=O)(=O)c1ccc(C(=O)NCCN2CCN(c3nc4ccc(Cl)cc4s3)CC2)cc1. The second kappa shape index (κ2) is 13.0. The summed E-state index contributed by atoms with van der Waals surface area (Å²) in [5.41, 5.74) is 1.42. The van der Waals surface area contributed by atoms with Gasteiger partial charge in [0.15, 0.2) is 5.13 Å². The van der Waals surface area contributed by atoms with Gasteiger partial charge in [-0.1, -0.05) is 50.6 Å². The molecule has 11 heteroatoms. The van der Waals surface area contributed by atoms with Gasteiger partial charge in [-0.3, -0.25) is 9.69 Å². The molecular weight excluding hydrogens is 554 g/mol. The number of piperazine rings is 1. The fourth-order valence-corrected chi connectivity index (χ4v) is 7.69. The van der Waals surface area contributed by atoms with E-state index in [1.165, 1.54) is 12.1 Å². The van der Waals surface area contributed by atoms with Gasteiger partial charge in [0.2, 0.25) is 10.0 Å². The molecule has 3 aromatic rings. The molecule has 212 valence electrons. The van der Waals surface area contributed by atoms with Gasteiger partial charge in [0.05, 0.1) is 15.1 Å². The molecule has 0 radical (unpaired) electrons. The van der Waals surface area contributed by atoms with Gasteiger partial charge in [0.1, 0.15) is 0 Å². The van der Waals surface area contributed by atoms with Crippen LogP contribution in [0.1, 0.15) is 38.1 Å². The van der Waals surface area contributed by atoms with Gasteiger partial charge < -0.3 is 10.2 Å². The number of nitrogens with zero attached hydrogens (tertiary/aromatic N) is 4. The van der Waals surface area contributed by atoms with E-state index < -0.39 is 10.0 Å². The highest BCUT2D eigenvalue weighted by molar-refractivity contribution is 7.89. The van der Waals surface area contributed by atoms with Crippen molar-refractivity contribution >= 4 is 54.2 Å². The Kier molecular flexibility index (Phi) is 9.87. The number of anilines is 1. The minimum absolute atomic E-state index is 0.202. The number of rotatable bonds is 11. The van der Waals surface area contributed by atoms with Crippen molar-refractivity contribution in [2.24, 2.45) is 11.8 Å². The van der Waals surface area contributed by atoms with Gasteiger partial charge in [-0.15, -0.1) is 0 Å². The average Bonchev–Trinajstić information content (AvgIpc) is 3.31. The first kappa shape index (κ1) is 29.7. The monoisotopic (exact) mass is 591 g/mol. The number of thiazole rings is 1. The number of amides is 1. The summed E-state index contributed by atoms with van der Waals surface area (Å²) in [6, 6.07) is 12.0. The Morgan fingerprint density at radius 3 is 2.28 bits per heavy atom. The zero-order valence-electron chi connectivity index (χ0n) is 23.1. The van der Waals surface area contributed by atoms with E-state index >= 15 is 0 Å². The maximum absolute atomic E-state index is 13.2. The Morgan fingerprint density at radius 2 is 1.67 bits per heavy atom. The fraction of sp³-hybridized carbons (Fsp3) is 0.500. The second-order valence-electron chi connectivity index (χ2n) is 10.8. The molecule has 1 aliphatic rings. The third kappa shape index (κ3) is 7.70. The minimum atomic E-state index is -3.62. The van der Waals surface area contributed by atoms with Crippen LogP contribution in [0, 0.1) is 11.8 Å². The van der Waals surface area contributed by atoms with Gasteiger partial charge in [-0.25, -0.2) is 13.4 Å². The Hall–Kier alpha value is -2.24. The number of halogens is 1. The molecule has 0 bridgehead atoms. The van der Waals surface area contributed by atoms with Crippen molar-refractivity contribution in [1.82, 2.24) is 19.5 Å². The fourth-order valence-electron chi connectivity index (χ4n) is 4.63. The third-order valence-corrected chi connectivity index (χ3v) is 9.75. The third-order valence-electron chi connectivity index (χ3n) is 6.59. The van der Waals surface area contributed by atoms with Crippen LogP contribution in [0.5, 0.6) is 0 Å². The number of carbonyl (C=O) groups is 1. The lowest BCUT2D eigenvalue weighted by Crippen LogP contribution is -2.48. The van der Waals surface area contributed by atoms with Crippen molar-refractivity contribution in [3.8, 4) is 0 Å². The predicted octanol–water partition coefficient (Wildman–Crippen LogP) is 4.80. The second-order valence-corrected chi connectivity index (χ2v) is 14.2. The van der Waals surface area contributed by atoms with Crippen LogP contribution in [0.2, 0.25) is 5.02 Å². The minimum Gasteiger partial charge on any atom is -0.351 e. The zero-order valence-corrected chi connectivity index (χ0v) is 25.4. The largest absolute Gasteiger partial charge is 0.351 e. The summed E-state index contributed by atoms with van der Waals surface area (Å²) < 4.78 is 29.1. The number of hydrogen-bond acceptors (Lipinski definition) is 7. The first-order valence-corrected chi connectivity index (χ1v) is 16.1. The van der Waals surface area contributed by atoms with Crippen LogP contribution in [-0.2, 0) is 10.0 Å². The van der Waals surface area contributed by atoms with E-state index in [4.69, 9.17) is 16.6 Å². The molecule has 0 atom stereocenters. The zero-order chi connectivity index (χ0) is 28.2. The van der Waals surface area contributed by atoms with Crippen LogP contribution in [0.3, 0.4) is 0 Å². The molecule has 0 spiro atoms. The Balaban J connectivity index is 1.25. The summed E-state index contributed by atoms with van der Waals surface area (Å²) in [4.78, 5) is 22.3. The summed E-state index contributed by atoms with van der Waals surface area (Å²) in [5, 5.41) is 4.71. The molecule has 1 aromatic heterocycles. The molecule has 4 rings (SSSR count). The first-order valence-electron chi connectivity index (χ1n) is 13.4. The average molecular weight is 592 g/mol. The molecule has 0 saturated carbocycles. The number of fused-ring (bicyclic) bond motifs is 1. The molecule has 2 aromatic carbocycles. The quantitative estimate of drug-likeness (QED) is 0.345. The van der Waals surface area contributed by atoms with Crippen LogP contribution >= 0.6 is 22.9 Å². The lowest BCUT2D eigenvalue weighted by Gasteiger charge is -2.34. The molecule has 1 saturated heterocycles. The molecule has 1 amide bonds. The van der Waals surface area contributed by atoms with Gasteiger partial charge in [0.25, 0.3) is 5.91 Å². The van der Waals surface area contributed by atoms with E-state index in [0.29, 0.717) is 25.2 Å². The van der Waals surface area contributed by atoms with Crippen LogP contribution in [0.4, 0.5) is 5.13 Å². The van der Waals surface area contributed by atoms with Crippen molar-refractivity contribution in [1.29, 1.82) is 0 Å². The number of sulfonamides is 1. The molecule has 1 aliphatic heterocycles. The van der Waals surface area contributed by atoms with Crippen molar-refractivity contribution in [2.45, 2.75) is 32.6 Å². The lowest BCUT2D eigenvalue weighted by atomic mass is 10.2. The molecular formula is C28H38ClN5O3S2. The summed E-state index contributed by atoms with van der Waals surface area (Å²) >= 11 is 7.77. The van der Waals surface area contributed by atoms with E-state index in [2.05, 4.69) is 15.1 Å². The molecule has 1 N–H and O–H groups in total. The number of carbonyl (C=O) groups excluding carboxylic acids is 1. The van der Waals surface area contributed by atoms with Crippen LogP contribution in [0.25, 0.3) is 10.2 Å². The predicted molar refractivity (Wildman–Crippen MR) is 160 cm³/mol. The van der Waals surface area contributed by atoms with Gasteiger partial charge in [-0.05, 0) is 54.3 Å². The summed E-state index contributed by atoms with van der Waals surface area (Å²) in [5.74, 6) is 0.240. The molecule has 39 heavy (non-hydrogen) atoms. The van der Waals surface area contributed by atoms with E-state index in [1.54, 1.807) is 27.8 Å². The van der Waals surface area contributed by atoms with E-state index in [9.17, 15) is 13.2 Å². The number of benzene rings is 2. The highest BCUT2D eigenvalue weighted by Gasteiger charge is 2.26. The molecule has 2 heterocycles. The standard InChI is InChI=1S/C28H38ClN5O3S2/c1-20(2)18-34(19-21(3)4)39(36,37)24-8-5-22(6-9-24)27(35)30-11-12-32-13-15-33(16-14-32)28-31-25-10-7-23(29)17-26(25)38-28/h5-10,17,20-21H,11-16,18-19H2,1-4H3,(H,30,35). The maximum atomic E-state index is 13.2. The number of nitrogens with one attached hydrogen (secondary N) is 1. The normalized spacial score (nSPS) is 15.1. The van der Waals surface area contributed by atoms with Crippen molar-refractivity contribution in [2.75, 3.05) is 57.3 Å². The smallest absolute Gasteiger partial charge is 0.251 e. The molecule has 0 unspecified atom stereocenters. The Morgan fingerprint density at radius 1 is 1.03 bits per heavy atom. The Bertz CT molecular complexity index is 1360. The van der Waals surface area contributed by atoms with Crippen LogP contribution in [-0.4, -0.2) is 80.9 Å². The van der Waals surface area contributed by atoms with Gasteiger partial charge in [0, 0.05) is 62.9 Å².